The fourth-order valence-corrected chi connectivity index (χ4v) is 4.16. The van der Waals surface area contributed by atoms with Crippen molar-refractivity contribution in [2.24, 2.45) is 0 Å². The zero-order chi connectivity index (χ0) is 23.7. The Bertz CT molecular complexity index is 1370. The van der Waals surface area contributed by atoms with Crippen LogP contribution in [0.4, 0.5) is 8.78 Å². The van der Waals surface area contributed by atoms with Crippen LogP contribution in [-0.2, 0) is 4.79 Å². The molecule has 2 aromatic heterocycles. The van der Waals surface area contributed by atoms with Crippen LogP contribution in [0.5, 0.6) is 0 Å². The molecular formula is C22H14Cl2F2N4O2S. The van der Waals surface area contributed by atoms with E-state index in [0.717, 1.165) is 6.07 Å². The Morgan fingerprint density at radius 1 is 1.03 bits per heavy atom. The van der Waals surface area contributed by atoms with Crippen molar-refractivity contribution in [1.82, 2.24) is 20.4 Å². The number of halogens is 4. The van der Waals surface area contributed by atoms with Crippen LogP contribution in [0.25, 0.3) is 28.3 Å². The van der Waals surface area contributed by atoms with Gasteiger partial charge in [0.2, 0.25) is 5.91 Å². The van der Waals surface area contributed by atoms with E-state index in [-0.39, 0.29) is 32.9 Å². The molecule has 0 spiro atoms. The van der Waals surface area contributed by atoms with Crippen LogP contribution in [0.15, 0.2) is 53.2 Å². The van der Waals surface area contributed by atoms with Crippen LogP contribution in [0.3, 0.4) is 0 Å². The Morgan fingerprint density at radius 2 is 1.82 bits per heavy atom. The van der Waals surface area contributed by atoms with Gasteiger partial charge < -0.3 is 0 Å². The molecule has 0 bridgehead atoms. The molecule has 2 N–H and O–H groups in total. The largest absolute Gasteiger partial charge is 0.290 e. The predicted molar refractivity (Wildman–Crippen MR) is 124 cm³/mol. The van der Waals surface area contributed by atoms with Gasteiger partial charge in [0.05, 0.1) is 21.4 Å². The third-order valence-corrected chi connectivity index (χ3v) is 5.85. The summed E-state index contributed by atoms with van der Waals surface area (Å²) in [6, 6.07) is 10.00. The Kier molecular flexibility index (Phi) is 6.46. The number of hydrogen-bond donors (Lipinski definition) is 2. The van der Waals surface area contributed by atoms with E-state index in [1.165, 1.54) is 47.1 Å². The summed E-state index contributed by atoms with van der Waals surface area (Å²) in [5.41, 5.74) is 5.36. The van der Waals surface area contributed by atoms with E-state index in [1.807, 2.05) is 0 Å². The van der Waals surface area contributed by atoms with Gasteiger partial charge in [0.15, 0.2) is 11.5 Å². The number of hydrazine groups is 1. The molecule has 0 fully saturated rings. The second-order valence-electron chi connectivity index (χ2n) is 6.82. The SMILES string of the molecule is CC(=O)NNC(=O)c1nc(-c2ccsc2)n(-c2cccc(Cl)c2F)c1-c1ccc(F)c(Cl)c1. The number of rotatable bonds is 4. The van der Waals surface area contributed by atoms with Gasteiger partial charge in [-0.15, -0.1) is 0 Å². The highest BCUT2D eigenvalue weighted by molar-refractivity contribution is 7.08. The van der Waals surface area contributed by atoms with Crippen LogP contribution in [-0.4, -0.2) is 21.4 Å². The van der Waals surface area contributed by atoms with Gasteiger partial charge in [0, 0.05) is 23.4 Å². The van der Waals surface area contributed by atoms with Crippen molar-refractivity contribution in [3.63, 3.8) is 0 Å². The van der Waals surface area contributed by atoms with E-state index in [0.29, 0.717) is 11.1 Å². The molecule has 0 aliphatic rings. The molecule has 0 radical (unpaired) electrons. The number of aromatic nitrogens is 2. The number of thiophene rings is 1. The Morgan fingerprint density at radius 3 is 2.48 bits per heavy atom. The molecule has 33 heavy (non-hydrogen) atoms. The minimum absolute atomic E-state index is 0.0187. The van der Waals surface area contributed by atoms with Crippen molar-refractivity contribution in [2.45, 2.75) is 6.92 Å². The topological polar surface area (TPSA) is 76.0 Å². The van der Waals surface area contributed by atoms with Crippen LogP contribution in [0, 0.1) is 11.6 Å². The number of nitrogens with zero attached hydrogens (tertiary/aromatic N) is 2. The van der Waals surface area contributed by atoms with Gasteiger partial charge >= 0.3 is 0 Å². The highest BCUT2D eigenvalue weighted by atomic mass is 35.5. The molecule has 11 heteroatoms. The average molecular weight is 507 g/mol. The van der Waals surface area contributed by atoms with E-state index in [9.17, 15) is 14.0 Å². The average Bonchev–Trinajstić information content (AvgIpc) is 3.44. The maximum absolute atomic E-state index is 15.2. The van der Waals surface area contributed by atoms with E-state index < -0.39 is 23.4 Å². The summed E-state index contributed by atoms with van der Waals surface area (Å²) in [7, 11) is 0. The highest BCUT2D eigenvalue weighted by Crippen LogP contribution is 2.37. The zero-order valence-corrected chi connectivity index (χ0v) is 19.2. The summed E-state index contributed by atoms with van der Waals surface area (Å²) in [5.74, 6) is -2.44. The lowest BCUT2D eigenvalue weighted by Gasteiger charge is -2.15. The molecular weight excluding hydrogens is 493 g/mol. The van der Waals surface area contributed by atoms with Gasteiger partial charge in [-0.25, -0.2) is 13.8 Å². The van der Waals surface area contributed by atoms with Crippen molar-refractivity contribution in [1.29, 1.82) is 0 Å². The highest BCUT2D eigenvalue weighted by Gasteiger charge is 2.28. The number of carbonyl (C=O) groups is 2. The first kappa shape index (κ1) is 22.9. The minimum atomic E-state index is -0.765. The van der Waals surface area contributed by atoms with E-state index >= 15 is 4.39 Å². The van der Waals surface area contributed by atoms with Crippen LogP contribution >= 0.6 is 34.5 Å². The second-order valence-corrected chi connectivity index (χ2v) is 8.41. The number of amides is 2. The standard InChI is InChI=1S/C22H14Cl2F2N4O2S/c1-11(31)28-29-22(32)19-20(12-5-6-16(25)15(24)9-12)30(17-4-2-3-14(23)18(17)26)21(27-19)13-7-8-33-10-13/h2-10H,1H3,(H,28,31)(H,29,32). The first-order valence-electron chi connectivity index (χ1n) is 9.40. The molecule has 4 rings (SSSR count). The molecule has 2 aromatic carbocycles. The molecule has 168 valence electrons. The van der Waals surface area contributed by atoms with Crippen LogP contribution in [0.1, 0.15) is 17.4 Å². The van der Waals surface area contributed by atoms with Gasteiger partial charge in [-0.2, -0.15) is 11.3 Å². The molecule has 0 aliphatic heterocycles. The van der Waals surface area contributed by atoms with Crippen molar-refractivity contribution in [2.75, 3.05) is 0 Å². The predicted octanol–water partition coefficient (Wildman–Crippen LogP) is 5.63. The number of nitrogens with one attached hydrogen (secondary N) is 2. The lowest BCUT2D eigenvalue weighted by molar-refractivity contribution is -0.119. The van der Waals surface area contributed by atoms with E-state index in [4.69, 9.17) is 23.2 Å². The smallest absolute Gasteiger partial charge is 0.288 e. The maximum Gasteiger partial charge on any atom is 0.290 e. The molecule has 0 saturated heterocycles. The molecule has 0 unspecified atom stereocenters. The monoisotopic (exact) mass is 506 g/mol. The number of imidazole rings is 1. The summed E-state index contributed by atoms with van der Waals surface area (Å²) < 4.78 is 30.5. The number of carbonyl (C=O) groups excluding carboxylic acids is 2. The Balaban J connectivity index is 2.07. The van der Waals surface area contributed by atoms with E-state index in [2.05, 4.69) is 15.8 Å². The minimum Gasteiger partial charge on any atom is -0.288 e. The molecule has 2 heterocycles. The van der Waals surface area contributed by atoms with Gasteiger partial charge in [0.25, 0.3) is 5.91 Å². The molecule has 6 nitrogen and oxygen atoms in total. The summed E-state index contributed by atoms with van der Waals surface area (Å²) in [6.07, 6.45) is 0. The Labute approximate surface area is 200 Å². The van der Waals surface area contributed by atoms with Gasteiger partial charge in [-0.1, -0.05) is 29.3 Å². The van der Waals surface area contributed by atoms with Crippen LogP contribution < -0.4 is 10.9 Å². The molecule has 0 aliphatic carbocycles. The number of benzene rings is 2. The lowest BCUT2D eigenvalue weighted by Crippen LogP contribution is -2.40. The normalized spacial score (nSPS) is 10.8. The lowest BCUT2D eigenvalue weighted by atomic mass is 10.1. The fraction of sp³-hybridized carbons (Fsp3) is 0.0455. The first-order chi connectivity index (χ1) is 15.8. The molecule has 2 amide bonds. The van der Waals surface area contributed by atoms with Crippen LogP contribution in [0.2, 0.25) is 10.0 Å². The third kappa shape index (κ3) is 4.47. The summed E-state index contributed by atoms with van der Waals surface area (Å²) in [4.78, 5) is 28.8. The van der Waals surface area contributed by atoms with Crippen molar-refractivity contribution in [3.8, 4) is 28.3 Å². The Hall–Kier alpha value is -3.27. The summed E-state index contributed by atoms with van der Waals surface area (Å²) >= 11 is 13.4. The first-order valence-corrected chi connectivity index (χ1v) is 11.1. The quantitative estimate of drug-likeness (QED) is 0.352. The molecule has 0 saturated carbocycles. The van der Waals surface area contributed by atoms with Crippen molar-refractivity contribution >= 4 is 46.4 Å². The summed E-state index contributed by atoms with van der Waals surface area (Å²) in [5, 5.41) is 3.24. The fourth-order valence-electron chi connectivity index (χ4n) is 3.18. The third-order valence-electron chi connectivity index (χ3n) is 4.59. The number of hydrogen-bond acceptors (Lipinski definition) is 4. The molecule has 0 atom stereocenters. The van der Waals surface area contributed by atoms with Gasteiger partial charge in [-0.05, 0) is 41.8 Å². The van der Waals surface area contributed by atoms with Crippen molar-refractivity contribution in [3.05, 3.63) is 80.6 Å². The van der Waals surface area contributed by atoms with Gasteiger partial charge in [-0.3, -0.25) is 25.0 Å². The maximum atomic E-state index is 15.2. The van der Waals surface area contributed by atoms with E-state index in [1.54, 1.807) is 22.9 Å². The van der Waals surface area contributed by atoms with Gasteiger partial charge in [0.1, 0.15) is 11.6 Å². The zero-order valence-electron chi connectivity index (χ0n) is 16.8. The summed E-state index contributed by atoms with van der Waals surface area (Å²) in [6.45, 7) is 1.22. The van der Waals surface area contributed by atoms with Crippen molar-refractivity contribution < 1.29 is 18.4 Å². The molecule has 4 aromatic rings. The second kappa shape index (κ2) is 9.30.